The van der Waals surface area contributed by atoms with Gasteiger partial charge in [0.1, 0.15) is 5.75 Å². The summed E-state index contributed by atoms with van der Waals surface area (Å²) in [4.78, 5) is 4.53. The average molecular weight is 377 g/mol. The first-order valence-corrected chi connectivity index (χ1v) is 9.41. The van der Waals surface area contributed by atoms with E-state index in [0.717, 1.165) is 17.1 Å². The maximum absolute atomic E-state index is 5.66. The van der Waals surface area contributed by atoms with Crippen LogP contribution in [0.5, 0.6) is 5.75 Å². The molecular weight excluding hydrogens is 350 g/mol. The Kier molecular flexibility index (Phi) is 5.78. The van der Waals surface area contributed by atoms with Crippen molar-refractivity contribution in [2.24, 2.45) is 0 Å². The molecule has 0 fully saturated rings. The Morgan fingerprint density at radius 1 is 0.929 bits per heavy atom. The van der Waals surface area contributed by atoms with Crippen molar-refractivity contribution in [3.8, 4) is 5.75 Å². The van der Waals surface area contributed by atoms with Crippen molar-refractivity contribution in [2.45, 2.75) is 46.1 Å². The van der Waals surface area contributed by atoms with E-state index in [9.17, 15) is 0 Å². The van der Waals surface area contributed by atoms with Crippen molar-refractivity contribution in [2.75, 3.05) is 10.6 Å². The van der Waals surface area contributed by atoms with Crippen LogP contribution in [0.15, 0.2) is 54.7 Å². The first-order valence-electron chi connectivity index (χ1n) is 9.41. The maximum Gasteiger partial charge on any atom is 0.249 e. The van der Waals surface area contributed by atoms with Gasteiger partial charge in [-0.15, -0.1) is 5.10 Å². The van der Waals surface area contributed by atoms with E-state index in [1.807, 2.05) is 56.3 Å². The Hall–Kier alpha value is -3.15. The minimum atomic E-state index is 0.0188. The second kappa shape index (κ2) is 8.25. The van der Waals surface area contributed by atoms with E-state index >= 15 is 0 Å². The summed E-state index contributed by atoms with van der Waals surface area (Å²) >= 11 is 0. The summed E-state index contributed by atoms with van der Waals surface area (Å²) < 4.78 is 5.66. The standard InChI is InChI=1S/C22H27N5O/c1-15(2)28-17-12-10-16(11-13-17)24-21-26-20(14-23-27-21)25-19-9-7-6-8-18(19)22(3,4)5/h6-15H,1-5H3,(H2,24,25,26,27). The molecule has 0 saturated carbocycles. The minimum absolute atomic E-state index is 0.0188. The molecule has 28 heavy (non-hydrogen) atoms. The molecule has 0 radical (unpaired) electrons. The summed E-state index contributed by atoms with van der Waals surface area (Å²) in [5, 5.41) is 14.7. The first-order chi connectivity index (χ1) is 13.3. The van der Waals surface area contributed by atoms with E-state index in [-0.39, 0.29) is 11.5 Å². The zero-order valence-corrected chi connectivity index (χ0v) is 17.0. The molecule has 0 unspecified atom stereocenters. The SMILES string of the molecule is CC(C)Oc1ccc(Nc2nncc(Nc3ccccc3C(C)(C)C)n2)cc1. The molecule has 0 saturated heterocycles. The Balaban J connectivity index is 1.75. The van der Waals surface area contributed by atoms with E-state index in [2.05, 4.69) is 52.7 Å². The third-order valence-corrected chi connectivity index (χ3v) is 4.04. The predicted molar refractivity (Wildman–Crippen MR) is 114 cm³/mol. The minimum Gasteiger partial charge on any atom is -0.491 e. The monoisotopic (exact) mass is 377 g/mol. The van der Waals surface area contributed by atoms with Gasteiger partial charge < -0.3 is 15.4 Å². The molecule has 6 heteroatoms. The van der Waals surface area contributed by atoms with Crippen molar-refractivity contribution in [1.82, 2.24) is 15.2 Å². The Morgan fingerprint density at radius 2 is 1.64 bits per heavy atom. The number of para-hydroxylation sites is 1. The average Bonchev–Trinajstić information content (AvgIpc) is 2.63. The van der Waals surface area contributed by atoms with Crippen LogP contribution in [0, 0.1) is 0 Å². The lowest BCUT2D eigenvalue weighted by molar-refractivity contribution is 0.242. The Bertz CT molecular complexity index is 917. The number of nitrogens with one attached hydrogen (secondary N) is 2. The lowest BCUT2D eigenvalue weighted by Gasteiger charge is -2.23. The molecule has 3 rings (SSSR count). The largest absolute Gasteiger partial charge is 0.491 e. The molecule has 1 heterocycles. The summed E-state index contributed by atoms with van der Waals surface area (Å²) in [6.07, 6.45) is 1.76. The van der Waals surface area contributed by atoms with Gasteiger partial charge in [0.15, 0.2) is 5.82 Å². The summed E-state index contributed by atoms with van der Waals surface area (Å²) in [7, 11) is 0. The number of ether oxygens (including phenoxy) is 1. The van der Waals surface area contributed by atoms with Gasteiger partial charge in [-0.1, -0.05) is 39.0 Å². The zero-order chi connectivity index (χ0) is 20.1. The fraction of sp³-hybridized carbons (Fsp3) is 0.318. The molecular formula is C22H27N5O. The van der Waals surface area contributed by atoms with Gasteiger partial charge in [-0.2, -0.15) is 10.1 Å². The summed E-state index contributed by atoms with van der Waals surface area (Å²) in [5.74, 6) is 1.89. The summed E-state index contributed by atoms with van der Waals surface area (Å²) in [6.45, 7) is 10.6. The molecule has 0 atom stereocenters. The number of hydrogen-bond acceptors (Lipinski definition) is 6. The third-order valence-electron chi connectivity index (χ3n) is 4.04. The fourth-order valence-electron chi connectivity index (χ4n) is 2.82. The molecule has 146 valence electrons. The smallest absolute Gasteiger partial charge is 0.249 e. The van der Waals surface area contributed by atoms with Crippen LogP contribution in [0.4, 0.5) is 23.1 Å². The van der Waals surface area contributed by atoms with Crippen LogP contribution in [0.25, 0.3) is 0 Å². The van der Waals surface area contributed by atoms with Crippen molar-refractivity contribution in [3.63, 3.8) is 0 Å². The van der Waals surface area contributed by atoms with Gasteiger partial charge in [-0.3, -0.25) is 0 Å². The van der Waals surface area contributed by atoms with E-state index in [0.29, 0.717) is 11.8 Å². The molecule has 1 aromatic heterocycles. The van der Waals surface area contributed by atoms with E-state index in [4.69, 9.17) is 4.74 Å². The fourth-order valence-corrected chi connectivity index (χ4v) is 2.82. The number of aromatic nitrogens is 3. The second-order valence-corrected chi connectivity index (χ2v) is 7.90. The number of rotatable bonds is 6. The Labute approximate surface area is 166 Å². The van der Waals surface area contributed by atoms with Gasteiger partial charge in [0.2, 0.25) is 5.95 Å². The van der Waals surface area contributed by atoms with Gasteiger partial charge in [0, 0.05) is 11.4 Å². The second-order valence-electron chi connectivity index (χ2n) is 7.90. The van der Waals surface area contributed by atoms with E-state index in [1.54, 1.807) is 6.20 Å². The van der Waals surface area contributed by atoms with E-state index in [1.165, 1.54) is 5.56 Å². The highest BCUT2D eigenvalue weighted by Gasteiger charge is 2.17. The highest BCUT2D eigenvalue weighted by atomic mass is 16.5. The molecule has 0 aliphatic heterocycles. The molecule has 0 bridgehead atoms. The number of nitrogens with zero attached hydrogens (tertiary/aromatic N) is 3. The van der Waals surface area contributed by atoms with Gasteiger partial charge in [0.05, 0.1) is 12.3 Å². The molecule has 2 N–H and O–H groups in total. The molecule has 2 aromatic carbocycles. The normalized spacial score (nSPS) is 11.4. The lowest BCUT2D eigenvalue weighted by atomic mass is 9.86. The molecule has 3 aromatic rings. The van der Waals surface area contributed by atoms with Crippen LogP contribution in [0.2, 0.25) is 0 Å². The highest BCUT2D eigenvalue weighted by Crippen LogP contribution is 2.31. The summed E-state index contributed by atoms with van der Waals surface area (Å²) in [5.41, 5.74) is 3.11. The molecule has 0 amide bonds. The van der Waals surface area contributed by atoms with Crippen LogP contribution < -0.4 is 15.4 Å². The zero-order valence-electron chi connectivity index (χ0n) is 17.0. The van der Waals surface area contributed by atoms with Crippen LogP contribution in [0.3, 0.4) is 0 Å². The molecule has 6 nitrogen and oxygen atoms in total. The van der Waals surface area contributed by atoms with Gasteiger partial charge >= 0.3 is 0 Å². The van der Waals surface area contributed by atoms with Crippen molar-refractivity contribution in [1.29, 1.82) is 0 Å². The van der Waals surface area contributed by atoms with E-state index < -0.39 is 0 Å². The maximum atomic E-state index is 5.66. The number of anilines is 4. The predicted octanol–water partition coefficient (Wildman–Crippen LogP) is 5.44. The highest BCUT2D eigenvalue weighted by molar-refractivity contribution is 5.63. The van der Waals surface area contributed by atoms with Crippen molar-refractivity contribution < 1.29 is 4.74 Å². The van der Waals surface area contributed by atoms with Gasteiger partial charge in [-0.05, 0) is 55.2 Å². The number of benzene rings is 2. The van der Waals surface area contributed by atoms with Crippen molar-refractivity contribution in [3.05, 3.63) is 60.3 Å². The summed E-state index contributed by atoms with van der Waals surface area (Å²) in [6, 6.07) is 15.9. The first kappa shape index (κ1) is 19.6. The molecule has 0 spiro atoms. The van der Waals surface area contributed by atoms with Crippen molar-refractivity contribution >= 4 is 23.1 Å². The molecule has 0 aliphatic carbocycles. The topological polar surface area (TPSA) is 72.0 Å². The molecule has 0 aliphatic rings. The lowest BCUT2D eigenvalue weighted by Crippen LogP contribution is -2.14. The van der Waals surface area contributed by atoms with Crippen LogP contribution in [0.1, 0.15) is 40.2 Å². The van der Waals surface area contributed by atoms with Crippen LogP contribution in [-0.4, -0.2) is 21.3 Å². The third kappa shape index (κ3) is 5.19. The van der Waals surface area contributed by atoms with Gasteiger partial charge in [0.25, 0.3) is 0 Å². The van der Waals surface area contributed by atoms with Crippen LogP contribution in [-0.2, 0) is 5.41 Å². The Morgan fingerprint density at radius 3 is 2.32 bits per heavy atom. The van der Waals surface area contributed by atoms with Gasteiger partial charge in [-0.25, -0.2) is 0 Å². The van der Waals surface area contributed by atoms with Crippen LogP contribution >= 0.6 is 0 Å². The number of hydrogen-bond donors (Lipinski definition) is 2. The quantitative estimate of drug-likeness (QED) is 0.596.